The van der Waals surface area contributed by atoms with Crippen LogP contribution in [0.4, 0.5) is 5.69 Å². The van der Waals surface area contributed by atoms with Crippen LogP contribution in [0, 0.1) is 0 Å². The zero-order chi connectivity index (χ0) is 19.8. The minimum absolute atomic E-state index is 0.242. The molecule has 0 spiro atoms. The number of halogens is 1. The van der Waals surface area contributed by atoms with E-state index in [1.165, 1.54) is 12.3 Å². The Hall–Kier alpha value is -3.44. The van der Waals surface area contributed by atoms with Gasteiger partial charge >= 0.3 is 0 Å². The van der Waals surface area contributed by atoms with Crippen LogP contribution in [0.5, 0.6) is 0 Å². The van der Waals surface area contributed by atoms with Gasteiger partial charge in [-0.1, -0.05) is 41.9 Å². The molecule has 6 heteroatoms. The minimum Gasteiger partial charge on any atom is -0.348 e. The van der Waals surface area contributed by atoms with Crippen LogP contribution in [-0.2, 0) is 11.3 Å². The van der Waals surface area contributed by atoms with Crippen molar-refractivity contribution in [1.82, 2.24) is 10.3 Å². The molecule has 0 fully saturated rings. The quantitative estimate of drug-likeness (QED) is 0.615. The Labute approximate surface area is 168 Å². The van der Waals surface area contributed by atoms with E-state index in [4.69, 9.17) is 11.6 Å². The van der Waals surface area contributed by atoms with Gasteiger partial charge in [-0.15, -0.1) is 0 Å². The first kappa shape index (κ1) is 19.3. The molecule has 1 heterocycles. The van der Waals surface area contributed by atoms with E-state index >= 15 is 0 Å². The van der Waals surface area contributed by atoms with E-state index in [9.17, 15) is 9.59 Å². The molecule has 0 unspecified atom stereocenters. The van der Waals surface area contributed by atoms with Gasteiger partial charge in [0.1, 0.15) is 0 Å². The maximum Gasteiger partial charge on any atom is 0.257 e. The SMILES string of the molecule is O=C(/C=C/c1cccc(Cl)c1)NCc1ccccc1NC(=O)c1cccnc1. The third kappa shape index (κ3) is 5.53. The summed E-state index contributed by atoms with van der Waals surface area (Å²) >= 11 is 5.93. The number of carbonyl (C=O) groups excluding carboxylic acids is 2. The Morgan fingerprint density at radius 1 is 1.04 bits per heavy atom. The Morgan fingerprint density at radius 2 is 1.89 bits per heavy atom. The van der Waals surface area contributed by atoms with Crippen molar-refractivity contribution in [3.8, 4) is 0 Å². The molecule has 0 atom stereocenters. The molecule has 2 aromatic carbocycles. The Balaban J connectivity index is 1.62. The van der Waals surface area contributed by atoms with Crippen molar-refractivity contribution in [3.63, 3.8) is 0 Å². The lowest BCUT2D eigenvalue weighted by atomic mass is 10.1. The van der Waals surface area contributed by atoms with Crippen LogP contribution in [-0.4, -0.2) is 16.8 Å². The fourth-order valence-corrected chi connectivity index (χ4v) is 2.71. The van der Waals surface area contributed by atoms with E-state index in [0.29, 0.717) is 16.3 Å². The fourth-order valence-electron chi connectivity index (χ4n) is 2.51. The maximum atomic E-state index is 12.3. The number of nitrogens with zero attached hydrogens (tertiary/aromatic N) is 1. The number of aromatic nitrogens is 1. The van der Waals surface area contributed by atoms with Crippen LogP contribution in [0.2, 0.25) is 5.02 Å². The third-order valence-electron chi connectivity index (χ3n) is 3.92. The van der Waals surface area contributed by atoms with Gasteiger partial charge in [-0.05, 0) is 47.5 Å². The summed E-state index contributed by atoms with van der Waals surface area (Å²) < 4.78 is 0. The predicted molar refractivity (Wildman–Crippen MR) is 111 cm³/mol. The van der Waals surface area contributed by atoms with Crippen LogP contribution in [0.1, 0.15) is 21.5 Å². The van der Waals surface area contributed by atoms with Crippen molar-refractivity contribution < 1.29 is 9.59 Å². The number of nitrogens with one attached hydrogen (secondary N) is 2. The molecule has 0 aliphatic heterocycles. The fraction of sp³-hybridized carbons (Fsp3) is 0.0455. The van der Waals surface area contributed by atoms with Crippen LogP contribution >= 0.6 is 11.6 Å². The highest BCUT2D eigenvalue weighted by atomic mass is 35.5. The molecular weight excluding hydrogens is 374 g/mol. The molecule has 140 valence electrons. The van der Waals surface area contributed by atoms with E-state index in [0.717, 1.165) is 11.1 Å². The van der Waals surface area contributed by atoms with Gasteiger partial charge in [-0.2, -0.15) is 0 Å². The van der Waals surface area contributed by atoms with E-state index in [1.54, 1.807) is 42.6 Å². The number of amides is 2. The van der Waals surface area contributed by atoms with Gasteiger partial charge in [0.15, 0.2) is 0 Å². The first-order valence-electron chi connectivity index (χ1n) is 8.62. The second-order valence-corrected chi connectivity index (χ2v) is 6.40. The normalized spacial score (nSPS) is 10.6. The van der Waals surface area contributed by atoms with Crippen LogP contribution < -0.4 is 10.6 Å². The largest absolute Gasteiger partial charge is 0.348 e. The number of pyridine rings is 1. The topological polar surface area (TPSA) is 71.1 Å². The van der Waals surface area contributed by atoms with Gasteiger partial charge in [0.25, 0.3) is 5.91 Å². The first-order valence-corrected chi connectivity index (χ1v) is 9.00. The molecule has 0 aliphatic carbocycles. The van der Waals surface area contributed by atoms with Crippen LogP contribution in [0.3, 0.4) is 0 Å². The van der Waals surface area contributed by atoms with E-state index < -0.39 is 0 Å². The van der Waals surface area contributed by atoms with Gasteiger partial charge < -0.3 is 10.6 Å². The van der Waals surface area contributed by atoms with Crippen LogP contribution in [0.25, 0.3) is 6.08 Å². The summed E-state index contributed by atoms with van der Waals surface area (Å²) in [6.45, 7) is 0.280. The summed E-state index contributed by atoms with van der Waals surface area (Å²) in [7, 11) is 0. The summed E-state index contributed by atoms with van der Waals surface area (Å²) in [6.07, 6.45) is 6.25. The summed E-state index contributed by atoms with van der Waals surface area (Å²) in [5.41, 5.74) is 2.73. The molecular formula is C22H18ClN3O2. The zero-order valence-electron chi connectivity index (χ0n) is 14.9. The number of carbonyl (C=O) groups is 2. The molecule has 0 saturated carbocycles. The maximum absolute atomic E-state index is 12.3. The van der Waals surface area contributed by atoms with E-state index in [1.807, 2.05) is 30.3 Å². The molecule has 3 aromatic rings. The highest BCUT2D eigenvalue weighted by Crippen LogP contribution is 2.16. The van der Waals surface area contributed by atoms with Gasteiger partial charge in [0.05, 0.1) is 5.56 Å². The summed E-state index contributed by atoms with van der Waals surface area (Å²) in [5, 5.41) is 6.28. The average Bonchev–Trinajstić information content (AvgIpc) is 2.72. The molecule has 1 aromatic heterocycles. The second-order valence-electron chi connectivity index (χ2n) is 5.96. The number of hydrogen-bond donors (Lipinski definition) is 2. The Kier molecular flexibility index (Phi) is 6.54. The van der Waals surface area contributed by atoms with Crippen molar-refractivity contribution in [1.29, 1.82) is 0 Å². The number of anilines is 1. The zero-order valence-corrected chi connectivity index (χ0v) is 15.7. The van der Waals surface area contributed by atoms with Crippen molar-refractivity contribution >= 4 is 35.2 Å². The molecule has 0 aliphatic rings. The molecule has 0 bridgehead atoms. The molecule has 2 N–H and O–H groups in total. The van der Waals surface area contributed by atoms with E-state index in [-0.39, 0.29) is 18.4 Å². The second kappa shape index (κ2) is 9.48. The first-order chi connectivity index (χ1) is 13.6. The van der Waals surface area contributed by atoms with Crippen LogP contribution in [0.15, 0.2) is 79.1 Å². The molecule has 28 heavy (non-hydrogen) atoms. The monoisotopic (exact) mass is 391 g/mol. The lowest BCUT2D eigenvalue weighted by Gasteiger charge is -2.11. The van der Waals surface area contributed by atoms with Gasteiger partial charge in [0.2, 0.25) is 5.91 Å². The lowest BCUT2D eigenvalue weighted by Crippen LogP contribution is -2.22. The molecule has 2 amide bonds. The van der Waals surface area contributed by atoms with Crippen molar-refractivity contribution in [2.75, 3.05) is 5.32 Å². The summed E-state index contributed by atoms with van der Waals surface area (Å²) in [6, 6.07) is 17.9. The number of benzene rings is 2. The number of para-hydroxylation sites is 1. The summed E-state index contributed by atoms with van der Waals surface area (Å²) in [4.78, 5) is 28.4. The minimum atomic E-state index is -0.257. The smallest absolute Gasteiger partial charge is 0.257 e. The van der Waals surface area contributed by atoms with Gasteiger partial charge in [-0.25, -0.2) is 0 Å². The average molecular weight is 392 g/mol. The van der Waals surface area contributed by atoms with Crippen molar-refractivity contribution in [3.05, 3.63) is 101 Å². The Morgan fingerprint density at radius 3 is 2.68 bits per heavy atom. The highest BCUT2D eigenvalue weighted by Gasteiger charge is 2.09. The molecule has 0 saturated heterocycles. The number of hydrogen-bond acceptors (Lipinski definition) is 3. The molecule has 5 nitrogen and oxygen atoms in total. The number of rotatable bonds is 6. The standard InChI is InChI=1S/C22H18ClN3O2/c23-19-8-3-5-16(13-19)10-11-21(27)25-15-17-6-1-2-9-20(17)26-22(28)18-7-4-12-24-14-18/h1-14H,15H2,(H,25,27)(H,26,28)/b11-10+. The molecule has 0 radical (unpaired) electrons. The Bertz CT molecular complexity index is 1000. The van der Waals surface area contributed by atoms with Crippen molar-refractivity contribution in [2.24, 2.45) is 0 Å². The lowest BCUT2D eigenvalue weighted by molar-refractivity contribution is -0.116. The predicted octanol–water partition coefficient (Wildman–Crippen LogP) is 4.32. The van der Waals surface area contributed by atoms with E-state index in [2.05, 4.69) is 15.6 Å². The highest BCUT2D eigenvalue weighted by molar-refractivity contribution is 6.30. The third-order valence-corrected chi connectivity index (χ3v) is 4.15. The van der Waals surface area contributed by atoms with Gasteiger partial charge in [0, 0.05) is 35.7 Å². The van der Waals surface area contributed by atoms with Crippen molar-refractivity contribution in [2.45, 2.75) is 6.54 Å². The summed E-state index contributed by atoms with van der Waals surface area (Å²) in [5.74, 6) is -0.499. The molecule has 3 rings (SSSR count). The van der Waals surface area contributed by atoms with Gasteiger partial charge in [-0.3, -0.25) is 14.6 Å².